The van der Waals surface area contributed by atoms with E-state index in [1.54, 1.807) is 37.3 Å². The van der Waals surface area contributed by atoms with E-state index in [1.807, 2.05) is 31.1 Å². The highest BCUT2D eigenvalue weighted by molar-refractivity contribution is 7.90. The molecule has 1 atom stereocenters. The quantitative estimate of drug-likeness (QED) is 0.842. The number of hydrogen-bond donors (Lipinski definition) is 1. The highest BCUT2D eigenvalue weighted by atomic mass is 32.2. The molecule has 2 aromatic carbocycles. The lowest BCUT2D eigenvalue weighted by atomic mass is 9.83. The number of esters is 1. The lowest BCUT2D eigenvalue weighted by Gasteiger charge is -2.28. The Bertz CT molecular complexity index is 907. The SMILES string of the molecule is CCOC(=O)[C@]1(c2ccc(N(C)C)cc2)NS(=O)(=O)c2ccccc21. The Balaban J connectivity index is 2.25. The molecule has 0 bridgehead atoms. The fraction of sp³-hybridized carbons (Fsp3) is 0.278. The largest absolute Gasteiger partial charge is 0.464 e. The first-order chi connectivity index (χ1) is 11.8. The van der Waals surface area contributed by atoms with Gasteiger partial charge < -0.3 is 9.64 Å². The summed E-state index contributed by atoms with van der Waals surface area (Å²) in [5.74, 6) is -0.638. The summed E-state index contributed by atoms with van der Waals surface area (Å²) < 4.78 is 33.0. The van der Waals surface area contributed by atoms with Crippen LogP contribution in [0.15, 0.2) is 53.4 Å². The molecule has 6 nitrogen and oxygen atoms in total. The molecule has 0 saturated heterocycles. The van der Waals surface area contributed by atoms with E-state index >= 15 is 0 Å². The van der Waals surface area contributed by atoms with E-state index in [0.717, 1.165) is 5.69 Å². The van der Waals surface area contributed by atoms with Crippen molar-refractivity contribution in [1.82, 2.24) is 4.72 Å². The standard InChI is InChI=1S/C18H20N2O4S/c1-4-24-17(21)18(13-9-11-14(12-10-13)20(2)3)15-7-5-6-8-16(15)25(22,23)19-18/h5-12,19H,4H2,1-3H3/t18-/m1/s1. The molecule has 1 heterocycles. The number of anilines is 1. The molecule has 2 aromatic rings. The molecule has 0 aliphatic carbocycles. The van der Waals surface area contributed by atoms with Crippen LogP contribution in [0, 0.1) is 0 Å². The van der Waals surface area contributed by atoms with Crippen molar-refractivity contribution in [3.05, 3.63) is 59.7 Å². The van der Waals surface area contributed by atoms with Gasteiger partial charge in [-0.25, -0.2) is 13.2 Å². The van der Waals surface area contributed by atoms with Crippen molar-refractivity contribution in [3.63, 3.8) is 0 Å². The first-order valence-corrected chi connectivity index (χ1v) is 9.40. The number of carbonyl (C=O) groups excluding carboxylic acids is 1. The van der Waals surface area contributed by atoms with E-state index in [-0.39, 0.29) is 11.5 Å². The average molecular weight is 360 g/mol. The highest BCUT2D eigenvalue weighted by Crippen LogP contribution is 2.42. The van der Waals surface area contributed by atoms with Crippen molar-refractivity contribution in [2.24, 2.45) is 0 Å². The van der Waals surface area contributed by atoms with Crippen LogP contribution in [0.5, 0.6) is 0 Å². The van der Waals surface area contributed by atoms with Gasteiger partial charge in [-0.15, -0.1) is 0 Å². The molecular formula is C18H20N2O4S. The predicted octanol–water partition coefficient (Wildman–Crippen LogP) is 1.85. The number of nitrogens with zero attached hydrogens (tertiary/aromatic N) is 1. The third kappa shape index (κ3) is 2.69. The molecule has 1 N–H and O–H groups in total. The van der Waals surface area contributed by atoms with Gasteiger partial charge in [0.2, 0.25) is 10.0 Å². The number of nitrogens with one attached hydrogen (secondary N) is 1. The summed E-state index contributed by atoms with van der Waals surface area (Å²) in [6.07, 6.45) is 0. The van der Waals surface area contributed by atoms with Gasteiger partial charge in [0.15, 0.2) is 5.54 Å². The third-order valence-electron chi connectivity index (χ3n) is 4.27. The Morgan fingerprint density at radius 1 is 1.12 bits per heavy atom. The summed E-state index contributed by atoms with van der Waals surface area (Å²) in [6.45, 7) is 1.84. The van der Waals surface area contributed by atoms with Crippen LogP contribution in [-0.2, 0) is 25.1 Å². The fourth-order valence-electron chi connectivity index (χ4n) is 3.06. The maximum atomic E-state index is 12.9. The number of carbonyl (C=O) groups is 1. The minimum atomic E-state index is -3.81. The van der Waals surface area contributed by atoms with E-state index in [0.29, 0.717) is 11.1 Å². The zero-order valence-electron chi connectivity index (χ0n) is 14.3. The maximum Gasteiger partial charge on any atom is 0.336 e. The highest BCUT2D eigenvalue weighted by Gasteiger charge is 2.54. The summed E-state index contributed by atoms with van der Waals surface area (Å²) >= 11 is 0. The number of sulfonamides is 1. The second-order valence-electron chi connectivity index (χ2n) is 6.01. The molecule has 1 aliphatic rings. The zero-order valence-corrected chi connectivity index (χ0v) is 15.1. The molecule has 0 aromatic heterocycles. The molecule has 25 heavy (non-hydrogen) atoms. The van der Waals surface area contributed by atoms with Gasteiger partial charge >= 0.3 is 5.97 Å². The topological polar surface area (TPSA) is 75.7 Å². The molecule has 3 rings (SSSR count). The minimum Gasteiger partial charge on any atom is -0.464 e. The third-order valence-corrected chi connectivity index (χ3v) is 5.78. The van der Waals surface area contributed by atoms with Crippen molar-refractivity contribution in [2.75, 3.05) is 25.6 Å². The molecular weight excluding hydrogens is 340 g/mol. The van der Waals surface area contributed by atoms with Crippen LogP contribution >= 0.6 is 0 Å². The van der Waals surface area contributed by atoms with E-state index < -0.39 is 21.5 Å². The summed E-state index contributed by atoms with van der Waals surface area (Å²) in [6, 6.07) is 13.7. The first kappa shape index (κ1) is 17.4. The van der Waals surface area contributed by atoms with Crippen LogP contribution in [0.2, 0.25) is 0 Å². The maximum absolute atomic E-state index is 12.9. The summed E-state index contributed by atoms with van der Waals surface area (Å²) in [5.41, 5.74) is 0.268. The Morgan fingerprint density at radius 2 is 1.76 bits per heavy atom. The smallest absolute Gasteiger partial charge is 0.336 e. The molecule has 0 fully saturated rings. The molecule has 0 unspecified atom stereocenters. The molecule has 0 radical (unpaired) electrons. The number of hydrogen-bond acceptors (Lipinski definition) is 5. The number of ether oxygens (including phenoxy) is 1. The zero-order chi connectivity index (χ0) is 18.2. The van der Waals surface area contributed by atoms with Gasteiger partial charge in [0.25, 0.3) is 0 Å². The van der Waals surface area contributed by atoms with Crippen LogP contribution in [0.3, 0.4) is 0 Å². The Hall–Kier alpha value is -2.38. The van der Waals surface area contributed by atoms with E-state index in [1.165, 1.54) is 6.07 Å². The second-order valence-corrected chi connectivity index (χ2v) is 7.66. The molecule has 1 aliphatic heterocycles. The van der Waals surface area contributed by atoms with Crippen LogP contribution in [0.1, 0.15) is 18.1 Å². The molecule has 7 heteroatoms. The van der Waals surface area contributed by atoms with Gasteiger partial charge in [0.05, 0.1) is 11.5 Å². The summed E-state index contributed by atoms with van der Waals surface area (Å²) in [7, 11) is 0.000511. The molecule has 0 spiro atoms. The van der Waals surface area contributed by atoms with Gasteiger partial charge in [-0.3, -0.25) is 0 Å². The van der Waals surface area contributed by atoms with Crippen molar-refractivity contribution in [3.8, 4) is 0 Å². The van der Waals surface area contributed by atoms with Gasteiger partial charge in [-0.05, 0) is 30.7 Å². The van der Waals surface area contributed by atoms with E-state index in [2.05, 4.69) is 4.72 Å². The van der Waals surface area contributed by atoms with Crippen molar-refractivity contribution in [1.29, 1.82) is 0 Å². The predicted molar refractivity (Wildman–Crippen MR) is 94.9 cm³/mol. The van der Waals surface area contributed by atoms with Gasteiger partial charge in [0.1, 0.15) is 0 Å². The monoisotopic (exact) mass is 360 g/mol. The first-order valence-electron chi connectivity index (χ1n) is 7.91. The Labute approximate surface area is 147 Å². The van der Waals surface area contributed by atoms with Crippen LogP contribution in [-0.4, -0.2) is 35.1 Å². The summed E-state index contributed by atoms with van der Waals surface area (Å²) in [4.78, 5) is 14.9. The normalized spacial score (nSPS) is 20.8. The number of fused-ring (bicyclic) bond motifs is 1. The molecule has 0 amide bonds. The van der Waals surface area contributed by atoms with Gasteiger partial charge in [-0.1, -0.05) is 30.3 Å². The van der Waals surface area contributed by atoms with Gasteiger partial charge in [0, 0.05) is 25.3 Å². The molecule has 0 saturated carbocycles. The fourth-order valence-corrected chi connectivity index (χ4v) is 4.65. The van der Waals surface area contributed by atoms with Crippen LogP contribution < -0.4 is 9.62 Å². The second kappa shape index (κ2) is 6.16. The summed E-state index contributed by atoms with van der Waals surface area (Å²) in [5, 5.41) is 0. The van der Waals surface area contributed by atoms with Crippen LogP contribution in [0.25, 0.3) is 0 Å². The Kier molecular flexibility index (Phi) is 4.30. The average Bonchev–Trinajstić information content (AvgIpc) is 2.84. The van der Waals surface area contributed by atoms with Crippen molar-refractivity contribution < 1.29 is 17.9 Å². The van der Waals surface area contributed by atoms with E-state index in [4.69, 9.17) is 4.74 Å². The number of rotatable bonds is 4. The van der Waals surface area contributed by atoms with Crippen LogP contribution in [0.4, 0.5) is 5.69 Å². The lowest BCUT2D eigenvalue weighted by molar-refractivity contribution is -0.148. The molecule has 132 valence electrons. The number of benzene rings is 2. The van der Waals surface area contributed by atoms with E-state index in [9.17, 15) is 13.2 Å². The Morgan fingerprint density at radius 3 is 2.36 bits per heavy atom. The van der Waals surface area contributed by atoms with Crippen molar-refractivity contribution in [2.45, 2.75) is 17.4 Å². The minimum absolute atomic E-state index is 0.0970. The lowest BCUT2D eigenvalue weighted by Crippen LogP contribution is -2.48. The van der Waals surface area contributed by atoms with Crippen molar-refractivity contribution >= 4 is 21.7 Å². The van der Waals surface area contributed by atoms with Gasteiger partial charge in [-0.2, -0.15) is 4.72 Å².